The van der Waals surface area contributed by atoms with Gasteiger partial charge in [-0.2, -0.15) is 0 Å². The number of anilines is 2. The molecule has 0 saturated heterocycles. The number of carbonyl (C=O) groups excluding carboxylic acids is 1. The van der Waals surface area contributed by atoms with Crippen molar-refractivity contribution < 1.29 is 13.2 Å². The van der Waals surface area contributed by atoms with Gasteiger partial charge < -0.3 is 0 Å². The first kappa shape index (κ1) is 21.7. The van der Waals surface area contributed by atoms with Crippen LogP contribution in [-0.4, -0.2) is 24.5 Å². The van der Waals surface area contributed by atoms with Gasteiger partial charge in [0.05, 0.1) is 10.6 Å². The normalized spacial score (nSPS) is 11.2. The molecule has 0 aliphatic carbocycles. The van der Waals surface area contributed by atoms with E-state index in [1.165, 1.54) is 17.4 Å². The van der Waals surface area contributed by atoms with E-state index in [0.717, 1.165) is 11.1 Å². The number of aromatic nitrogens is 2. The zero-order chi connectivity index (χ0) is 22.7. The van der Waals surface area contributed by atoms with Crippen LogP contribution in [0.3, 0.4) is 0 Å². The maximum absolute atomic E-state index is 13.0. The summed E-state index contributed by atoms with van der Waals surface area (Å²) in [7, 11) is -3.88. The van der Waals surface area contributed by atoms with Crippen LogP contribution in [0.25, 0.3) is 10.6 Å². The third kappa shape index (κ3) is 4.68. The van der Waals surface area contributed by atoms with Crippen LogP contribution in [0.1, 0.15) is 21.5 Å². The van der Waals surface area contributed by atoms with Crippen LogP contribution in [0.5, 0.6) is 0 Å². The van der Waals surface area contributed by atoms with Gasteiger partial charge in [0.2, 0.25) is 5.13 Å². The minimum absolute atomic E-state index is 0.0376. The summed E-state index contributed by atoms with van der Waals surface area (Å²) >= 11 is 1.24. The largest absolute Gasteiger partial charge is 0.296 e. The first-order valence-corrected chi connectivity index (χ1v) is 12.0. The maximum atomic E-state index is 13.0. The van der Waals surface area contributed by atoms with Crippen molar-refractivity contribution in [2.45, 2.75) is 18.7 Å². The second-order valence-electron chi connectivity index (χ2n) is 7.13. The highest BCUT2D eigenvalue weighted by molar-refractivity contribution is 7.92. The Bertz CT molecular complexity index is 1380. The highest BCUT2D eigenvalue weighted by Crippen LogP contribution is 2.27. The summed E-state index contributed by atoms with van der Waals surface area (Å²) < 4.78 is 28.6. The van der Waals surface area contributed by atoms with Crippen LogP contribution < -0.4 is 10.0 Å². The van der Waals surface area contributed by atoms with Crippen LogP contribution in [0, 0.1) is 13.8 Å². The van der Waals surface area contributed by atoms with Gasteiger partial charge in [-0.25, -0.2) is 8.42 Å². The number of amides is 1. The fraction of sp³-hybridized carbons (Fsp3) is 0.0870. The Labute approximate surface area is 190 Å². The lowest BCUT2D eigenvalue weighted by atomic mass is 10.1. The lowest BCUT2D eigenvalue weighted by Crippen LogP contribution is -2.17. The molecular weight excluding hydrogens is 444 g/mol. The van der Waals surface area contributed by atoms with E-state index in [2.05, 4.69) is 20.2 Å². The molecule has 0 bridgehead atoms. The van der Waals surface area contributed by atoms with Crippen molar-refractivity contribution in [2.24, 2.45) is 0 Å². The number of nitrogens with one attached hydrogen (secondary N) is 2. The van der Waals surface area contributed by atoms with E-state index in [1.807, 2.05) is 49.4 Å². The standard InChI is InChI=1S/C23H20N4O3S2/c1-15-8-6-7-11-19(15)27-32(29,30)20-14-18(13-12-16(20)2)21(28)24-23-26-25-22(31-23)17-9-4-3-5-10-17/h3-14,27H,1-2H3,(H,24,26,28). The molecule has 32 heavy (non-hydrogen) atoms. The van der Waals surface area contributed by atoms with Crippen LogP contribution >= 0.6 is 11.3 Å². The number of sulfonamides is 1. The van der Waals surface area contributed by atoms with Crippen molar-refractivity contribution in [3.8, 4) is 10.6 Å². The lowest BCUT2D eigenvalue weighted by Gasteiger charge is -2.13. The molecule has 162 valence electrons. The number of hydrogen-bond acceptors (Lipinski definition) is 6. The predicted molar refractivity (Wildman–Crippen MR) is 126 cm³/mol. The summed E-state index contributed by atoms with van der Waals surface area (Å²) in [5, 5.41) is 11.8. The molecule has 0 saturated carbocycles. The molecule has 0 aliphatic rings. The number of carbonyl (C=O) groups is 1. The first-order valence-electron chi connectivity index (χ1n) is 9.73. The molecule has 4 aromatic rings. The number of benzene rings is 3. The van der Waals surface area contributed by atoms with E-state index in [1.54, 1.807) is 31.2 Å². The van der Waals surface area contributed by atoms with Crippen molar-refractivity contribution in [3.05, 3.63) is 89.5 Å². The number of rotatable bonds is 6. The molecular formula is C23H20N4O3S2. The van der Waals surface area contributed by atoms with E-state index < -0.39 is 15.9 Å². The molecule has 0 aliphatic heterocycles. The van der Waals surface area contributed by atoms with Crippen LogP contribution in [0.15, 0.2) is 77.7 Å². The molecule has 3 aromatic carbocycles. The topological polar surface area (TPSA) is 101 Å². The molecule has 0 radical (unpaired) electrons. The molecule has 1 aromatic heterocycles. The highest BCUT2D eigenvalue weighted by atomic mass is 32.2. The van der Waals surface area contributed by atoms with E-state index in [9.17, 15) is 13.2 Å². The summed E-state index contributed by atoms with van der Waals surface area (Å²) in [5.74, 6) is -0.465. The molecule has 0 unspecified atom stereocenters. The Balaban J connectivity index is 1.56. The Morgan fingerprint density at radius 1 is 0.875 bits per heavy atom. The summed E-state index contributed by atoms with van der Waals surface area (Å²) in [4.78, 5) is 12.8. The van der Waals surface area contributed by atoms with Gasteiger partial charge >= 0.3 is 0 Å². The monoisotopic (exact) mass is 464 g/mol. The Hall–Kier alpha value is -3.56. The van der Waals surface area contributed by atoms with E-state index >= 15 is 0 Å². The molecule has 4 rings (SSSR count). The van der Waals surface area contributed by atoms with E-state index in [0.29, 0.717) is 21.4 Å². The Morgan fingerprint density at radius 2 is 1.59 bits per heavy atom. The lowest BCUT2D eigenvalue weighted by molar-refractivity contribution is 0.102. The molecule has 0 fully saturated rings. The average Bonchev–Trinajstić information content (AvgIpc) is 3.24. The van der Waals surface area contributed by atoms with Gasteiger partial charge in [0.15, 0.2) is 0 Å². The minimum Gasteiger partial charge on any atom is -0.296 e. The number of aryl methyl sites for hydroxylation is 2. The number of hydrogen-bond donors (Lipinski definition) is 2. The SMILES string of the molecule is Cc1ccccc1NS(=O)(=O)c1cc(C(=O)Nc2nnc(-c3ccccc3)s2)ccc1C. The second kappa shape index (κ2) is 8.89. The van der Waals surface area contributed by atoms with Crippen molar-refractivity contribution in [1.29, 1.82) is 0 Å². The molecule has 1 heterocycles. The third-order valence-electron chi connectivity index (χ3n) is 4.80. The summed E-state index contributed by atoms with van der Waals surface area (Å²) in [5.41, 5.74) is 2.93. The van der Waals surface area contributed by atoms with Gasteiger partial charge in [0.1, 0.15) is 5.01 Å². The summed E-state index contributed by atoms with van der Waals surface area (Å²) in [6.45, 7) is 3.51. The molecule has 0 spiro atoms. The van der Waals surface area contributed by atoms with Crippen molar-refractivity contribution in [2.75, 3.05) is 10.0 Å². The molecule has 0 atom stereocenters. The molecule has 1 amide bonds. The Kier molecular flexibility index (Phi) is 6.02. The highest BCUT2D eigenvalue weighted by Gasteiger charge is 2.20. The third-order valence-corrected chi connectivity index (χ3v) is 7.19. The quantitative estimate of drug-likeness (QED) is 0.424. The van der Waals surface area contributed by atoms with Gasteiger partial charge in [-0.05, 0) is 43.2 Å². The summed E-state index contributed by atoms with van der Waals surface area (Å²) in [6.07, 6.45) is 0. The van der Waals surface area contributed by atoms with E-state index in [-0.39, 0.29) is 10.5 Å². The van der Waals surface area contributed by atoms with Crippen LogP contribution in [0.2, 0.25) is 0 Å². The van der Waals surface area contributed by atoms with Crippen LogP contribution in [-0.2, 0) is 10.0 Å². The van der Waals surface area contributed by atoms with Crippen molar-refractivity contribution >= 4 is 38.1 Å². The summed E-state index contributed by atoms with van der Waals surface area (Å²) in [6, 6.07) is 21.2. The number of nitrogens with zero attached hydrogens (tertiary/aromatic N) is 2. The maximum Gasteiger partial charge on any atom is 0.262 e. The van der Waals surface area contributed by atoms with Gasteiger partial charge in [0.25, 0.3) is 15.9 Å². The van der Waals surface area contributed by atoms with Gasteiger partial charge in [-0.15, -0.1) is 10.2 Å². The van der Waals surface area contributed by atoms with Crippen molar-refractivity contribution in [3.63, 3.8) is 0 Å². The van der Waals surface area contributed by atoms with Gasteiger partial charge in [-0.3, -0.25) is 14.8 Å². The zero-order valence-corrected chi connectivity index (χ0v) is 19.0. The van der Waals surface area contributed by atoms with Gasteiger partial charge in [0, 0.05) is 11.1 Å². The fourth-order valence-corrected chi connectivity index (χ4v) is 5.21. The number of para-hydroxylation sites is 1. The first-order chi connectivity index (χ1) is 15.3. The Morgan fingerprint density at radius 3 is 2.34 bits per heavy atom. The van der Waals surface area contributed by atoms with Gasteiger partial charge in [-0.1, -0.05) is 65.9 Å². The second-order valence-corrected chi connectivity index (χ2v) is 9.76. The van der Waals surface area contributed by atoms with E-state index in [4.69, 9.17) is 0 Å². The fourth-order valence-electron chi connectivity index (χ4n) is 3.06. The molecule has 7 nitrogen and oxygen atoms in total. The average molecular weight is 465 g/mol. The molecule has 2 N–H and O–H groups in total. The van der Waals surface area contributed by atoms with Crippen molar-refractivity contribution in [1.82, 2.24) is 10.2 Å². The zero-order valence-electron chi connectivity index (χ0n) is 17.4. The predicted octanol–water partition coefficient (Wildman–Crippen LogP) is 4.88. The minimum atomic E-state index is -3.88. The molecule has 9 heteroatoms. The van der Waals surface area contributed by atoms with Crippen LogP contribution in [0.4, 0.5) is 10.8 Å². The smallest absolute Gasteiger partial charge is 0.262 e.